The Balaban J connectivity index is 1.37. The molecule has 0 atom stereocenters. The highest BCUT2D eigenvalue weighted by Crippen LogP contribution is 2.27. The van der Waals surface area contributed by atoms with Gasteiger partial charge in [0.15, 0.2) is 0 Å². The minimum Gasteiger partial charge on any atom is -0.488 e. The molecule has 0 bridgehead atoms. The molecule has 8 heteroatoms. The van der Waals surface area contributed by atoms with Gasteiger partial charge in [-0.05, 0) is 48.0 Å². The van der Waals surface area contributed by atoms with Gasteiger partial charge in [0.2, 0.25) is 0 Å². The molecule has 5 aromatic rings. The molecule has 1 aromatic heterocycles. The lowest BCUT2D eigenvalue weighted by Crippen LogP contribution is -2.18. The summed E-state index contributed by atoms with van der Waals surface area (Å²) in [7, 11) is 0. The number of carbonyl (C=O) groups excluding carboxylic acids is 1. The molecule has 0 unspecified atom stereocenters. The van der Waals surface area contributed by atoms with E-state index in [9.17, 15) is 4.79 Å². The van der Waals surface area contributed by atoms with Crippen molar-refractivity contribution in [2.24, 2.45) is 5.10 Å². The Bertz CT molecular complexity index is 1660. The summed E-state index contributed by atoms with van der Waals surface area (Å²) in [5.74, 6) is 0.177. The third kappa shape index (κ3) is 5.97. The van der Waals surface area contributed by atoms with Gasteiger partial charge < -0.3 is 4.74 Å². The molecule has 1 N–H and O–H groups in total. The number of amides is 1. The first-order valence-electron chi connectivity index (χ1n) is 11.6. The van der Waals surface area contributed by atoms with Crippen LogP contribution in [0.3, 0.4) is 0 Å². The number of fused-ring (bicyclic) bond motifs is 1. The van der Waals surface area contributed by atoms with E-state index < -0.39 is 0 Å². The quantitative estimate of drug-likeness (QED) is 0.161. The fraction of sp³-hybridized carbons (Fsp3) is 0.0333. The van der Waals surface area contributed by atoms with Crippen molar-refractivity contribution >= 4 is 57.8 Å². The summed E-state index contributed by atoms with van der Waals surface area (Å²) in [6.45, 7) is 0.261. The van der Waals surface area contributed by atoms with Gasteiger partial charge in [0, 0.05) is 21.5 Å². The number of benzene rings is 4. The highest BCUT2D eigenvalue weighted by molar-refractivity contribution is 6.42. The Morgan fingerprint density at radius 3 is 2.47 bits per heavy atom. The zero-order valence-electron chi connectivity index (χ0n) is 19.9. The molecule has 1 heterocycles. The highest BCUT2D eigenvalue weighted by atomic mass is 35.5. The molecule has 38 heavy (non-hydrogen) atoms. The maximum atomic E-state index is 13.2. The second-order valence-corrected chi connectivity index (χ2v) is 9.61. The average Bonchev–Trinajstić information content (AvgIpc) is 2.94. The van der Waals surface area contributed by atoms with E-state index in [-0.39, 0.29) is 12.5 Å². The number of rotatable bonds is 7. The third-order valence-corrected chi connectivity index (χ3v) is 6.72. The third-order valence-electron chi connectivity index (χ3n) is 5.75. The average molecular weight is 561 g/mol. The molecule has 188 valence electrons. The number of nitrogens with one attached hydrogen (secondary N) is 1. The first kappa shape index (κ1) is 25.7. The topological polar surface area (TPSA) is 63.6 Å². The Labute approximate surface area is 234 Å². The lowest BCUT2D eigenvalue weighted by Gasteiger charge is -2.11. The van der Waals surface area contributed by atoms with Crippen LogP contribution in [0.5, 0.6) is 5.75 Å². The number of carbonyl (C=O) groups is 1. The molecule has 0 saturated heterocycles. The van der Waals surface area contributed by atoms with Crippen molar-refractivity contribution in [1.29, 1.82) is 0 Å². The van der Waals surface area contributed by atoms with E-state index in [0.717, 1.165) is 22.0 Å². The highest BCUT2D eigenvalue weighted by Gasteiger charge is 2.14. The number of nitrogens with zero attached hydrogens (tertiary/aromatic N) is 2. The maximum absolute atomic E-state index is 13.2. The van der Waals surface area contributed by atoms with Crippen LogP contribution < -0.4 is 10.2 Å². The molecule has 0 spiro atoms. The molecule has 0 aliphatic heterocycles. The number of halogens is 3. The molecule has 0 aliphatic carbocycles. The number of ether oxygens (including phenoxy) is 1. The van der Waals surface area contributed by atoms with Crippen LogP contribution in [0.2, 0.25) is 15.1 Å². The molecule has 0 saturated carbocycles. The number of para-hydroxylation sites is 1. The van der Waals surface area contributed by atoms with E-state index in [0.29, 0.717) is 37.6 Å². The lowest BCUT2D eigenvalue weighted by atomic mass is 10.0. The fourth-order valence-corrected chi connectivity index (χ4v) is 4.38. The van der Waals surface area contributed by atoms with Crippen molar-refractivity contribution in [3.05, 3.63) is 129 Å². The Hall–Kier alpha value is -3.90. The van der Waals surface area contributed by atoms with Crippen molar-refractivity contribution < 1.29 is 9.53 Å². The summed E-state index contributed by atoms with van der Waals surface area (Å²) in [5.41, 5.74) is 6.88. The Morgan fingerprint density at radius 1 is 0.868 bits per heavy atom. The van der Waals surface area contributed by atoms with Gasteiger partial charge in [-0.3, -0.25) is 4.79 Å². The molecule has 5 nitrogen and oxygen atoms in total. The van der Waals surface area contributed by atoms with Gasteiger partial charge in [-0.2, -0.15) is 5.10 Å². The first-order chi connectivity index (χ1) is 18.5. The SMILES string of the molecule is O=C(N/N=C\c1cc(Cl)ccc1OCc1ccc(Cl)c(Cl)c1)c1cc(-c2ccccc2)nc2ccccc12. The monoisotopic (exact) mass is 559 g/mol. The van der Waals surface area contributed by atoms with E-state index in [1.165, 1.54) is 6.21 Å². The second-order valence-electron chi connectivity index (χ2n) is 8.36. The summed E-state index contributed by atoms with van der Waals surface area (Å²) in [6, 6.07) is 29.4. The van der Waals surface area contributed by atoms with Crippen LogP contribution in [0.25, 0.3) is 22.2 Å². The van der Waals surface area contributed by atoms with Crippen LogP contribution in [0.4, 0.5) is 0 Å². The lowest BCUT2D eigenvalue weighted by molar-refractivity contribution is 0.0956. The summed E-state index contributed by atoms with van der Waals surface area (Å²) in [6.07, 6.45) is 1.50. The van der Waals surface area contributed by atoms with Gasteiger partial charge in [-0.15, -0.1) is 0 Å². The number of hydrogen-bond donors (Lipinski definition) is 1. The Kier molecular flexibility index (Phi) is 7.89. The Morgan fingerprint density at radius 2 is 1.66 bits per heavy atom. The van der Waals surface area contributed by atoms with Gasteiger partial charge >= 0.3 is 0 Å². The van der Waals surface area contributed by atoms with Crippen molar-refractivity contribution in [3.63, 3.8) is 0 Å². The van der Waals surface area contributed by atoms with E-state index in [1.807, 2.05) is 60.7 Å². The van der Waals surface area contributed by atoms with Crippen LogP contribution in [0.1, 0.15) is 21.5 Å². The predicted octanol–water partition coefficient (Wildman–Crippen LogP) is 8.20. The number of aromatic nitrogens is 1. The van der Waals surface area contributed by atoms with Gasteiger partial charge in [0.05, 0.1) is 33.0 Å². The van der Waals surface area contributed by atoms with Gasteiger partial charge in [0.25, 0.3) is 5.91 Å². The van der Waals surface area contributed by atoms with Gasteiger partial charge in [0.1, 0.15) is 12.4 Å². The van der Waals surface area contributed by atoms with Crippen molar-refractivity contribution in [2.45, 2.75) is 6.61 Å². The molecular weight excluding hydrogens is 541 g/mol. The minimum atomic E-state index is -0.364. The molecular formula is C30H20Cl3N3O2. The summed E-state index contributed by atoms with van der Waals surface area (Å²) >= 11 is 18.3. The molecule has 5 rings (SSSR count). The maximum Gasteiger partial charge on any atom is 0.272 e. The number of pyridine rings is 1. The number of hydrazone groups is 1. The van der Waals surface area contributed by atoms with Crippen molar-refractivity contribution in [1.82, 2.24) is 10.4 Å². The molecule has 4 aromatic carbocycles. The summed E-state index contributed by atoms with van der Waals surface area (Å²) < 4.78 is 5.97. The van der Waals surface area contributed by atoms with Crippen LogP contribution >= 0.6 is 34.8 Å². The van der Waals surface area contributed by atoms with E-state index in [4.69, 9.17) is 44.5 Å². The standard InChI is InChI=1S/C30H20Cl3N3O2/c31-22-11-13-29(38-18-19-10-12-25(32)26(33)14-19)21(15-22)17-34-36-30(37)24-16-28(20-6-2-1-3-7-20)35-27-9-5-4-8-23(24)27/h1-17H,18H2,(H,36,37)/b34-17-. The van der Waals surface area contributed by atoms with Gasteiger partial charge in [-0.25, -0.2) is 10.4 Å². The first-order valence-corrected chi connectivity index (χ1v) is 12.8. The molecule has 1 amide bonds. The van der Waals surface area contributed by atoms with Gasteiger partial charge in [-0.1, -0.05) is 89.4 Å². The molecule has 0 aliphatic rings. The predicted molar refractivity (Wildman–Crippen MR) is 154 cm³/mol. The van der Waals surface area contributed by atoms with Crippen molar-refractivity contribution in [3.8, 4) is 17.0 Å². The van der Waals surface area contributed by atoms with E-state index in [1.54, 1.807) is 36.4 Å². The zero-order valence-corrected chi connectivity index (χ0v) is 22.1. The smallest absolute Gasteiger partial charge is 0.272 e. The zero-order chi connectivity index (χ0) is 26.5. The molecule has 0 fully saturated rings. The summed E-state index contributed by atoms with van der Waals surface area (Å²) in [4.78, 5) is 17.9. The normalized spacial score (nSPS) is 11.1. The van der Waals surface area contributed by atoms with Crippen LogP contribution in [0.15, 0.2) is 102 Å². The molecule has 0 radical (unpaired) electrons. The second kappa shape index (κ2) is 11.7. The number of hydrogen-bond acceptors (Lipinski definition) is 4. The van der Waals surface area contributed by atoms with Crippen LogP contribution in [0, 0.1) is 0 Å². The minimum absolute atomic E-state index is 0.261. The van der Waals surface area contributed by atoms with E-state index in [2.05, 4.69) is 10.5 Å². The summed E-state index contributed by atoms with van der Waals surface area (Å²) in [5, 5.41) is 6.35. The van der Waals surface area contributed by atoms with E-state index >= 15 is 0 Å². The van der Waals surface area contributed by atoms with Crippen molar-refractivity contribution in [2.75, 3.05) is 0 Å². The van der Waals surface area contributed by atoms with Crippen LogP contribution in [-0.2, 0) is 6.61 Å². The largest absolute Gasteiger partial charge is 0.488 e. The fourth-order valence-electron chi connectivity index (χ4n) is 3.88. The van der Waals surface area contributed by atoms with Crippen LogP contribution in [-0.4, -0.2) is 17.1 Å².